The van der Waals surface area contributed by atoms with Crippen molar-refractivity contribution >= 4 is 18.0 Å². The minimum absolute atomic E-state index is 0.662. The Hall–Kier alpha value is -2.80. The molecule has 0 aliphatic heterocycles. The van der Waals surface area contributed by atoms with Gasteiger partial charge in [0.05, 0.1) is 20.4 Å². The van der Waals surface area contributed by atoms with Gasteiger partial charge in [-0.2, -0.15) is 9.78 Å². The van der Waals surface area contributed by atoms with Crippen LogP contribution in [0.5, 0.6) is 11.5 Å². The smallest absolute Gasteiger partial charge is 0.211 e. The summed E-state index contributed by atoms with van der Waals surface area (Å²) >= 11 is 1.51. The van der Waals surface area contributed by atoms with Crippen LogP contribution in [-0.2, 0) is 6.42 Å². The molecule has 0 amide bonds. The highest BCUT2D eigenvalue weighted by Gasteiger charge is 2.11. The van der Waals surface area contributed by atoms with E-state index in [1.165, 1.54) is 11.8 Å². The Bertz CT molecular complexity index is 894. The Morgan fingerprint density at radius 2 is 1.81 bits per heavy atom. The molecular formula is C19H20N4O2S. The molecule has 3 aromatic rings. The van der Waals surface area contributed by atoms with Crippen LogP contribution in [0.15, 0.2) is 58.8 Å². The second-order valence-electron chi connectivity index (χ2n) is 5.44. The average molecular weight is 368 g/mol. The molecule has 1 heterocycles. The number of rotatable bonds is 7. The molecule has 0 atom stereocenters. The molecule has 0 fully saturated rings. The summed E-state index contributed by atoms with van der Waals surface area (Å²) in [6.45, 7) is 0. The summed E-state index contributed by atoms with van der Waals surface area (Å²) in [5.41, 5.74) is 2.06. The third-order valence-electron chi connectivity index (χ3n) is 3.79. The molecule has 0 aliphatic rings. The second-order valence-corrected chi connectivity index (χ2v) is 6.21. The monoisotopic (exact) mass is 368 g/mol. The molecule has 3 rings (SSSR count). The minimum Gasteiger partial charge on any atom is -0.493 e. The molecule has 0 N–H and O–H groups in total. The zero-order chi connectivity index (χ0) is 18.4. The van der Waals surface area contributed by atoms with E-state index >= 15 is 0 Å². The SMILES string of the molecule is COc1ccc(/C=N\n2c(Cc3ccccc3)nnc2SC)cc1OC. The third-order valence-corrected chi connectivity index (χ3v) is 4.41. The van der Waals surface area contributed by atoms with E-state index in [0.29, 0.717) is 17.9 Å². The van der Waals surface area contributed by atoms with Gasteiger partial charge in [0, 0.05) is 6.42 Å². The number of aromatic nitrogens is 3. The van der Waals surface area contributed by atoms with E-state index in [9.17, 15) is 0 Å². The van der Waals surface area contributed by atoms with Crippen LogP contribution < -0.4 is 9.47 Å². The van der Waals surface area contributed by atoms with Crippen LogP contribution in [0.4, 0.5) is 0 Å². The first-order valence-corrected chi connectivity index (χ1v) is 9.26. The lowest BCUT2D eigenvalue weighted by Gasteiger charge is -2.07. The fourth-order valence-electron chi connectivity index (χ4n) is 2.49. The van der Waals surface area contributed by atoms with Crippen molar-refractivity contribution in [2.45, 2.75) is 11.6 Å². The molecule has 0 spiro atoms. The predicted molar refractivity (Wildman–Crippen MR) is 104 cm³/mol. The van der Waals surface area contributed by atoms with Crippen molar-refractivity contribution in [1.82, 2.24) is 14.9 Å². The fraction of sp³-hybridized carbons (Fsp3) is 0.211. The van der Waals surface area contributed by atoms with Crippen LogP contribution in [0.2, 0.25) is 0 Å². The number of ether oxygens (including phenoxy) is 2. The summed E-state index contributed by atoms with van der Waals surface area (Å²) in [5.74, 6) is 2.13. The largest absolute Gasteiger partial charge is 0.493 e. The maximum absolute atomic E-state index is 5.34. The van der Waals surface area contributed by atoms with Crippen molar-refractivity contribution in [3.8, 4) is 11.5 Å². The first-order chi connectivity index (χ1) is 12.7. The van der Waals surface area contributed by atoms with E-state index < -0.39 is 0 Å². The van der Waals surface area contributed by atoms with Gasteiger partial charge in [0.1, 0.15) is 0 Å². The van der Waals surface area contributed by atoms with E-state index in [1.54, 1.807) is 25.1 Å². The Labute approximate surface area is 156 Å². The van der Waals surface area contributed by atoms with Gasteiger partial charge in [-0.05, 0) is 35.6 Å². The lowest BCUT2D eigenvalue weighted by molar-refractivity contribution is 0.355. The zero-order valence-electron chi connectivity index (χ0n) is 14.9. The Balaban J connectivity index is 1.89. The molecule has 0 aliphatic carbocycles. The number of hydrogen-bond acceptors (Lipinski definition) is 6. The van der Waals surface area contributed by atoms with Crippen molar-refractivity contribution in [3.05, 3.63) is 65.5 Å². The van der Waals surface area contributed by atoms with Gasteiger partial charge in [-0.1, -0.05) is 42.1 Å². The zero-order valence-corrected chi connectivity index (χ0v) is 15.7. The van der Waals surface area contributed by atoms with E-state index in [1.807, 2.05) is 42.7 Å². The Kier molecular flexibility index (Phi) is 5.91. The molecule has 2 aromatic carbocycles. The van der Waals surface area contributed by atoms with Gasteiger partial charge in [0.15, 0.2) is 17.3 Å². The number of hydrogen-bond donors (Lipinski definition) is 0. The highest BCUT2D eigenvalue weighted by atomic mass is 32.2. The van der Waals surface area contributed by atoms with Crippen molar-refractivity contribution in [3.63, 3.8) is 0 Å². The summed E-state index contributed by atoms with van der Waals surface area (Å²) in [4.78, 5) is 0. The average Bonchev–Trinajstić information content (AvgIpc) is 3.08. The van der Waals surface area contributed by atoms with Gasteiger partial charge in [0.25, 0.3) is 0 Å². The standard InChI is InChI=1S/C19H20N4O2S/c1-24-16-10-9-15(11-17(16)25-2)13-20-23-18(21-22-19(23)26-3)12-14-7-5-4-6-8-14/h4-11,13H,12H2,1-3H3/b20-13-. The van der Waals surface area contributed by atoms with Crippen LogP contribution >= 0.6 is 11.8 Å². The van der Waals surface area contributed by atoms with Gasteiger partial charge in [-0.3, -0.25) is 0 Å². The van der Waals surface area contributed by atoms with Crippen molar-refractivity contribution in [2.75, 3.05) is 20.5 Å². The van der Waals surface area contributed by atoms with Crippen LogP contribution in [0, 0.1) is 0 Å². The van der Waals surface area contributed by atoms with E-state index in [-0.39, 0.29) is 0 Å². The summed E-state index contributed by atoms with van der Waals surface area (Å²) in [6, 6.07) is 15.8. The molecule has 6 nitrogen and oxygen atoms in total. The third kappa shape index (κ3) is 4.05. The van der Waals surface area contributed by atoms with Crippen LogP contribution in [0.1, 0.15) is 17.0 Å². The first-order valence-electron chi connectivity index (χ1n) is 8.03. The first kappa shape index (κ1) is 18.0. The Morgan fingerprint density at radius 1 is 1.04 bits per heavy atom. The molecule has 0 radical (unpaired) electrons. The molecule has 7 heteroatoms. The van der Waals surface area contributed by atoms with E-state index in [2.05, 4.69) is 27.4 Å². The number of nitrogens with zero attached hydrogens (tertiary/aromatic N) is 4. The Morgan fingerprint density at radius 3 is 2.50 bits per heavy atom. The van der Waals surface area contributed by atoms with Gasteiger partial charge >= 0.3 is 0 Å². The van der Waals surface area contributed by atoms with E-state index in [0.717, 1.165) is 22.1 Å². The number of benzene rings is 2. The number of thioether (sulfide) groups is 1. The summed E-state index contributed by atoms with van der Waals surface area (Å²) < 4.78 is 12.4. The second kappa shape index (κ2) is 8.53. The van der Waals surface area contributed by atoms with E-state index in [4.69, 9.17) is 9.47 Å². The van der Waals surface area contributed by atoms with Crippen LogP contribution in [0.25, 0.3) is 0 Å². The molecule has 0 saturated heterocycles. The lowest BCUT2D eigenvalue weighted by atomic mass is 10.1. The van der Waals surface area contributed by atoms with Gasteiger partial charge in [0.2, 0.25) is 5.16 Å². The fourth-order valence-corrected chi connectivity index (χ4v) is 2.93. The molecule has 0 bridgehead atoms. The van der Waals surface area contributed by atoms with Crippen LogP contribution in [-0.4, -0.2) is 41.6 Å². The van der Waals surface area contributed by atoms with Crippen molar-refractivity contribution < 1.29 is 9.47 Å². The van der Waals surface area contributed by atoms with Gasteiger partial charge < -0.3 is 9.47 Å². The summed E-state index contributed by atoms with van der Waals surface area (Å²) in [5, 5.41) is 13.8. The highest BCUT2D eigenvalue weighted by Crippen LogP contribution is 2.27. The quantitative estimate of drug-likeness (QED) is 0.472. The maximum atomic E-state index is 5.34. The molecular weight excluding hydrogens is 348 g/mol. The topological polar surface area (TPSA) is 61.5 Å². The molecule has 134 valence electrons. The molecule has 0 saturated carbocycles. The van der Waals surface area contributed by atoms with Crippen molar-refractivity contribution in [2.24, 2.45) is 5.10 Å². The maximum Gasteiger partial charge on any atom is 0.211 e. The lowest BCUT2D eigenvalue weighted by Crippen LogP contribution is -2.01. The van der Waals surface area contributed by atoms with Crippen molar-refractivity contribution in [1.29, 1.82) is 0 Å². The summed E-state index contributed by atoms with van der Waals surface area (Å²) in [6.07, 6.45) is 4.38. The normalized spacial score (nSPS) is 11.0. The molecule has 26 heavy (non-hydrogen) atoms. The summed E-state index contributed by atoms with van der Waals surface area (Å²) in [7, 11) is 3.23. The highest BCUT2D eigenvalue weighted by molar-refractivity contribution is 7.98. The molecule has 1 aromatic heterocycles. The molecule has 0 unspecified atom stereocenters. The van der Waals surface area contributed by atoms with Crippen LogP contribution in [0.3, 0.4) is 0 Å². The van der Waals surface area contributed by atoms with Gasteiger partial charge in [-0.25, -0.2) is 0 Å². The number of methoxy groups -OCH3 is 2. The van der Waals surface area contributed by atoms with Gasteiger partial charge in [-0.15, -0.1) is 10.2 Å². The minimum atomic E-state index is 0.662. The predicted octanol–water partition coefficient (Wildman–Crippen LogP) is 3.49.